The van der Waals surface area contributed by atoms with Crippen molar-refractivity contribution in [3.8, 4) is 11.1 Å². The van der Waals surface area contributed by atoms with Gasteiger partial charge in [0.1, 0.15) is 12.3 Å². The van der Waals surface area contributed by atoms with Crippen LogP contribution < -0.4 is 10.6 Å². The SMILES string of the molecule is O=C(NCCn1cnc(C(=O)NC[C@H]2C[C@H]2C(=O)O)c1)OCC1c2ccccc2-c2ccccc21. The number of carbonyl (C=O) groups excluding carboxylic acids is 2. The number of nitrogens with zero attached hydrogens (tertiary/aromatic N) is 2. The molecule has 0 saturated heterocycles. The Morgan fingerprint density at radius 3 is 2.37 bits per heavy atom. The summed E-state index contributed by atoms with van der Waals surface area (Å²) < 4.78 is 7.23. The number of amides is 2. The van der Waals surface area contributed by atoms with Crippen molar-refractivity contribution in [3.63, 3.8) is 0 Å². The Kier molecular flexibility index (Phi) is 6.22. The Hall–Kier alpha value is -4.14. The minimum atomic E-state index is -0.822. The molecule has 1 saturated carbocycles. The Labute approximate surface area is 202 Å². The highest BCUT2D eigenvalue weighted by Gasteiger charge is 2.43. The molecule has 9 nitrogen and oxygen atoms in total. The number of carboxylic acid groups (broad SMARTS) is 1. The average Bonchev–Trinajstić information content (AvgIpc) is 3.38. The van der Waals surface area contributed by atoms with E-state index in [0.29, 0.717) is 26.1 Å². The van der Waals surface area contributed by atoms with Gasteiger partial charge in [0.05, 0.1) is 12.2 Å². The van der Waals surface area contributed by atoms with Gasteiger partial charge in [0.25, 0.3) is 5.91 Å². The van der Waals surface area contributed by atoms with Gasteiger partial charge in [0.15, 0.2) is 0 Å². The van der Waals surface area contributed by atoms with Crippen molar-refractivity contribution in [2.45, 2.75) is 18.9 Å². The fraction of sp³-hybridized carbons (Fsp3) is 0.308. The number of aromatic nitrogens is 2. The first-order chi connectivity index (χ1) is 17.0. The van der Waals surface area contributed by atoms with E-state index in [2.05, 4.69) is 39.9 Å². The van der Waals surface area contributed by atoms with Crippen molar-refractivity contribution in [1.29, 1.82) is 0 Å². The summed E-state index contributed by atoms with van der Waals surface area (Å²) in [6.45, 7) is 1.32. The highest BCUT2D eigenvalue weighted by molar-refractivity contribution is 5.92. The zero-order valence-electron chi connectivity index (χ0n) is 19.0. The summed E-state index contributed by atoms with van der Waals surface area (Å²) in [4.78, 5) is 39.5. The Morgan fingerprint density at radius 1 is 1.03 bits per heavy atom. The van der Waals surface area contributed by atoms with E-state index in [1.807, 2.05) is 24.3 Å². The van der Waals surface area contributed by atoms with Crippen molar-refractivity contribution in [2.75, 3.05) is 19.7 Å². The number of carbonyl (C=O) groups is 3. The third kappa shape index (κ3) is 4.89. The summed E-state index contributed by atoms with van der Waals surface area (Å²) in [7, 11) is 0. The van der Waals surface area contributed by atoms with Gasteiger partial charge in [-0.1, -0.05) is 48.5 Å². The van der Waals surface area contributed by atoms with Gasteiger partial charge in [-0.25, -0.2) is 9.78 Å². The molecule has 0 spiro atoms. The zero-order chi connectivity index (χ0) is 24.4. The predicted octanol–water partition coefficient (Wildman–Crippen LogP) is 2.87. The van der Waals surface area contributed by atoms with Gasteiger partial charge >= 0.3 is 12.1 Å². The third-order valence-corrected chi connectivity index (χ3v) is 6.61. The second-order valence-electron chi connectivity index (χ2n) is 8.90. The highest BCUT2D eigenvalue weighted by atomic mass is 16.5. The Bertz CT molecular complexity index is 1220. The van der Waals surface area contributed by atoms with Crippen molar-refractivity contribution in [1.82, 2.24) is 20.2 Å². The maximum absolute atomic E-state index is 12.3. The normalized spacial score (nSPS) is 17.8. The van der Waals surface area contributed by atoms with Crippen molar-refractivity contribution >= 4 is 18.0 Å². The summed E-state index contributed by atoms with van der Waals surface area (Å²) in [5.41, 5.74) is 4.92. The van der Waals surface area contributed by atoms with E-state index in [1.165, 1.54) is 17.5 Å². The molecule has 1 fully saturated rings. The molecule has 2 atom stereocenters. The monoisotopic (exact) mass is 474 g/mol. The Balaban J connectivity index is 1.06. The van der Waals surface area contributed by atoms with Gasteiger partial charge in [-0.2, -0.15) is 0 Å². The summed E-state index contributed by atoms with van der Waals surface area (Å²) in [5, 5.41) is 14.4. The van der Waals surface area contributed by atoms with E-state index in [0.717, 1.165) is 11.1 Å². The van der Waals surface area contributed by atoms with Crippen LogP contribution >= 0.6 is 0 Å². The molecule has 0 bridgehead atoms. The van der Waals surface area contributed by atoms with Gasteiger partial charge in [-0.05, 0) is 34.6 Å². The lowest BCUT2D eigenvalue weighted by atomic mass is 9.98. The lowest BCUT2D eigenvalue weighted by Gasteiger charge is -2.14. The van der Waals surface area contributed by atoms with Gasteiger partial charge in [0, 0.05) is 31.7 Å². The summed E-state index contributed by atoms with van der Waals surface area (Å²) in [6, 6.07) is 16.3. The minimum Gasteiger partial charge on any atom is -0.481 e. The first kappa shape index (κ1) is 22.6. The number of fused-ring (bicyclic) bond motifs is 3. The molecule has 5 rings (SSSR count). The molecule has 2 amide bonds. The standard InChI is InChI=1S/C26H26N4O5/c31-24(28-12-16-11-21(16)25(32)33)23-13-30(15-29-23)10-9-27-26(34)35-14-22-19-7-3-1-5-17(19)18-6-2-4-8-20(18)22/h1-8,13,15-16,21-22H,9-12,14H2,(H,27,34)(H,28,31)(H,32,33)/t16-,21-/m1/s1. The molecular weight excluding hydrogens is 448 g/mol. The number of carboxylic acids is 1. The van der Waals surface area contributed by atoms with Crippen LogP contribution in [-0.4, -0.2) is 52.3 Å². The number of hydrogen-bond donors (Lipinski definition) is 3. The number of aliphatic carboxylic acids is 1. The van der Waals surface area contributed by atoms with Crippen molar-refractivity contribution < 1.29 is 24.2 Å². The van der Waals surface area contributed by atoms with Crippen LogP contribution in [0.5, 0.6) is 0 Å². The van der Waals surface area contributed by atoms with Crippen molar-refractivity contribution in [2.24, 2.45) is 11.8 Å². The van der Waals surface area contributed by atoms with E-state index < -0.39 is 12.1 Å². The molecule has 35 heavy (non-hydrogen) atoms. The van der Waals surface area contributed by atoms with Gasteiger partial charge in [0.2, 0.25) is 0 Å². The van der Waals surface area contributed by atoms with Crippen LogP contribution in [0.4, 0.5) is 4.79 Å². The molecule has 0 aliphatic heterocycles. The number of alkyl carbamates (subject to hydrolysis) is 1. The van der Waals surface area contributed by atoms with E-state index >= 15 is 0 Å². The number of rotatable bonds is 9. The molecule has 2 aliphatic rings. The lowest BCUT2D eigenvalue weighted by molar-refractivity contribution is -0.138. The molecule has 180 valence electrons. The van der Waals surface area contributed by atoms with E-state index in [9.17, 15) is 14.4 Å². The second-order valence-corrected chi connectivity index (χ2v) is 8.90. The van der Waals surface area contributed by atoms with Crippen LogP contribution in [-0.2, 0) is 16.1 Å². The number of benzene rings is 2. The molecule has 1 heterocycles. The summed E-state index contributed by atoms with van der Waals surface area (Å²) >= 11 is 0. The molecule has 0 unspecified atom stereocenters. The number of nitrogens with one attached hydrogen (secondary N) is 2. The van der Waals surface area contributed by atoms with Crippen LogP contribution in [0.25, 0.3) is 11.1 Å². The number of hydrogen-bond acceptors (Lipinski definition) is 5. The molecule has 0 radical (unpaired) electrons. The molecule has 3 N–H and O–H groups in total. The Morgan fingerprint density at radius 2 is 1.71 bits per heavy atom. The zero-order valence-corrected chi connectivity index (χ0v) is 19.0. The van der Waals surface area contributed by atoms with Crippen LogP contribution in [0.1, 0.15) is 34.0 Å². The fourth-order valence-electron chi connectivity index (χ4n) is 4.63. The third-order valence-electron chi connectivity index (χ3n) is 6.61. The minimum absolute atomic E-state index is 0.00397. The number of ether oxygens (including phenoxy) is 1. The summed E-state index contributed by atoms with van der Waals surface area (Å²) in [6.07, 6.45) is 3.20. The smallest absolute Gasteiger partial charge is 0.407 e. The average molecular weight is 475 g/mol. The van der Waals surface area contributed by atoms with Crippen LogP contribution in [0.15, 0.2) is 61.1 Å². The largest absolute Gasteiger partial charge is 0.481 e. The molecule has 9 heteroatoms. The first-order valence-electron chi connectivity index (χ1n) is 11.6. The molecule has 2 aromatic carbocycles. The first-order valence-corrected chi connectivity index (χ1v) is 11.6. The quantitative estimate of drug-likeness (QED) is 0.438. The summed E-state index contributed by atoms with van der Waals surface area (Å²) in [5.74, 6) is -1.54. The van der Waals surface area contributed by atoms with E-state index in [-0.39, 0.29) is 36.0 Å². The maximum atomic E-state index is 12.3. The van der Waals surface area contributed by atoms with Gasteiger partial charge in [-0.15, -0.1) is 0 Å². The second kappa shape index (κ2) is 9.61. The highest BCUT2D eigenvalue weighted by Crippen LogP contribution is 2.44. The van der Waals surface area contributed by atoms with Crippen LogP contribution in [0.2, 0.25) is 0 Å². The van der Waals surface area contributed by atoms with Crippen LogP contribution in [0, 0.1) is 11.8 Å². The lowest BCUT2D eigenvalue weighted by Crippen LogP contribution is -2.29. The molecule has 2 aliphatic carbocycles. The maximum Gasteiger partial charge on any atom is 0.407 e. The van der Waals surface area contributed by atoms with Gasteiger partial charge in [-0.3, -0.25) is 9.59 Å². The fourth-order valence-corrected chi connectivity index (χ4v) is 4.63. The number of imidazole rings is 1. The van der Waals surface area contributed by atoms with E-state index in [1.54, 1.807) is 10.8 Å². The molecular formula is C26H26N4O5. The topological polar surface area (TPSA) is 123 Å². The van der Waals surface area contributed by atoms with Gasteiger partial charge < -0.3 is 25.0 Å². The van der Waals surface area contributed by atoms with Crippen LogP contribution in [0.3, 0.4) is 0 Å². The van der Waals surface area contributed by atoms with E-state index in [4.69, 9.17) is 9.84 Å². The van der Waals surface area contributed by atoms with Crippen molar-refractivity contribution in [3.05, 3.63) is 77.9 Å². The predicted molar refractivity (Wildman–Crippen MR) is 127 cm³/mol. The molecule has 1 aromatic heterocycles. The molecule has 3 aromatic rings.